The second kappa shape index (κ2) is 10.1. The molecule has 1 aliphatic rings. The third-order valence-corrected chi connectivity index (χ3v) is 6.82. The van der Waals surface area contributed by atoms with Gasteiger partial charge in [0.1, 0.15) is 5.82 Å². The number of carbonyl (C=O) groups excluding carboxylic acids is 1. The van der Waals surface area contributed by atoms with Gasteiger partial charge in [-0.05, 0) is 68.0 Å². The SMILES string of the molecule is Cc1cc(Cl)cc(Cl)c1CNC(=O)[C@H]1CC[C@@H](Nc2nc(N(C)C)c3ccccc3n2)CC1. The molecule has 0 radical (unpaired) electrons. The van der Waals surface area contributed by atoms with Crippen molar-refractivity contribution in [3.63, 3.8) is 0 Å². The van der Waals surface area contributed by atoms with Gasteiger partial charge in [0, 0.05) is 48.0 Å². The first-order chi connectivity index (χ1) is 15.8. The predicted molar refractivity (Wildman–Crippen MR) is 136 cm³/mol. The first kappa shape index (κ1) is 23.6. The van der Waals surface area contributed by atoms with Crippen molar-refractivity contribution in [2.24, 2.45) is 5.92 Å². The largest absolute Gasteiger partial charge is 0.362 e. The van der Waals surface area contributed by atoms with E-state index in [1.54, 1.807) is 6.07 Å². The molecule has 2 N–H and O–H groups in total. The summed E-state index contributed by atoms with van der Waals surface area (Å²) in [5.74, 6) is 1.62. The number of para-hydroxylation sites is 1. The van der Waals surface area contributed by atoms with E-state index in [0.717, 1.165) is 53.5 Å². The van der Waals surface area contributed by atoms with Crippen LogP contribution in [0.4, 0.5) is 11.8 Å². The summed E-state index contributed by atoms with van der Waals surface area (Å²) in [5.41, 5.74) is 2.81. The number of anilines is 2. The third-order valence-electron chi connectivity index (χ3n) is 6.26. The van der Waals surface area contributed by atoms with Crippen LogP contribution in [-0.2, 0) is 11.3 Å². The molecule has 33 heavy (non-hydrogen) atoms. The van der Waals surface area contributed by atoms with Crippen LogP contribution in [0.25, 0.3) is 10.9 Å². The van der Waals surface area contributed by atoms with Crippen molar-refractivity contribution < 1.29 is 4.79 Å². The number of amides is 1. The van der Waals surface area contributed by atoms with Gasteiger partial charge in [-0.3, -0.25) is 4.79 Å². The lowest BCUT2D eigenvalue weighted by Gasteiger charge is -2.29. The van der Waals surface area contributed by atoms with Gasteiger partial charge in [0.05, 0.1) is 5.52 Å². The fourth-order valence-corrected chi connectivity index (χ4v) is 5.09. The Hall–Kier alpha value is -2.57. The van der Waals surface area contributed by atoms with Crippen LogP contribution in [0.2, 0.25) is 10.0 Å². The number of hydrogen-bond donors (Lipinski definition) is 2. The highest BCUT2D eigenvalue weighted by atomic mass is 35.5. The van der Waals surface area contributed by atoms with E-state index in [4.69, 9.17) is 33.2 Å². The molecule has 1 aromatic heterocycles. The molecular weight excluding hydrogens is 457 g/mol. The normalized spacial score (nSPS) is 18.2. The maximum atomic E-state index is 12.8. The van der Waals surface area contributed by atoms with Crippen molar-refractivity contribution in [3.8, 4) is 0 Å². The number of aromatic nitrogens is 2. The number of nitrogens with one attached hydrogen (secondary N) is 2. The van der Waals surface area contributed by atoms with Crippen LogP contribution in [0.5, 0.6) is 0 Å². The molecule has 0 atom stereocenters. The highest BCUT2D eigenvalue weighted by molar-refractivity contribution is 6.35. The van der Waals surface area contributed by atoms with Crippen molar-refractivity contribution in [1.82, 2.24) is 15.3 Å². The van der Waals surface area contributed by atoms with Crippen molar-refractivity contribution in [2.45, 2.75) is 45.2 Å². The van der Waals surface area contributed by atoms with E-state index < -0.39 is 0 Å². The number of rotatable bonds is 6. The Morgan fingerprint density at radius 3 is 2.52 bits per heavy atom. The minimum atomic E-state index is 0.00397. The Labute approximate surface area is 204 Å². The van der Waals surface area contributed by atoms with E-state index in [2.05, 4.69) is 10.6 Å². The molecular formula is C25H29Cl2N5O. The van der Waals surface area contributed by atoms with Gasteiger partial charge >= 0.3 is 0 Å². The second-order valence-electron chi connectivity index (χ2n) is 8.88. The summed E-state index contributed by atoms with van der Waals surface area (Å²) in [6.45, 7) is 2.36. The standard InChI is InChI=1S/C25H29Cl2N5O/c1-15-12-17(26)13-21(27)20(15)14-28-24(33)16-8-10-18(11-9-16)29-25-30-22-7-5-4-6-19(22)23(31-25)32(2)3/h4-7,12-13,16,18H,8-11,14H2,1-3H3,(H,28,33)(H,29,30,31)/t16-,18+. The summed E-state index contributed by atoms with van der Waals surface area (Å²) in [5, 5.41) is 8.77. The number of aryl methyl sites for hydroxylation is 1. The van der Waals surface area contributed by atoms with E-state index in [-0.39, 0.29) is 17.9 Å². The van der Waals surface area contributed by atoms with Crippen molar-refractivity contribution >= 4 is 51.8 Å². The lowest BCUT2D eigenvalue weighted by molar-refractivity contribution is -0.126. The van der Waals surface area contributed by atoms with Gasteiger partial charge in [-0.25, -0.2) is 4.98 Å². The van der Waals surface area contributed by atoms with Gasteiger partial charge in [0.2, 0.25) is 11.9 Å². The molecule has 1 fully saturated rings. The molecule has 0 spiro atoms. The molecule has 3 aromatic rings. The molecule has 174 valence electrons. The van der Waals surface area contributed by atoms with Crippen LogP contribution in [0.15, 0.2) is 36.4 Å². The molecule has 1 amide bonds. The first-order valence-electron chi connectivity index (χ1n) is 11.2. The van der Waals surface area contributed by atoms with Crippen LogP contribution >= 0.6 is 23.2 Å². The number of hydrogen-bond acceptors (Lipinski definition) is 5. The van der Waals surface area contributed by atoms with Crippen LogP contribution in [0.3, 0.4) is 0 Å². The molecule has 1 heterocycles. The number of halogens is 2. The molecule has 1 saturated carbocycles. The van der Waals surface area contributed by atoms with E-state index in [9.17, 15) is 4.79 Å². The predicted octanol–water partition coefficient (Wildman–Crippen LogP) is 5.60. The number of fused-ring (bicyclic) bond motifs is 1. The second-order valence-corrected chi connectivity index (χ2v) is 9.72. The highest BCUT2D eigenvalue weighted by Gasteiger charge is 2.27. The van der Waals surface area contributed by atoms with Gasteiger partial charge in [-0.1, -0.05) is 35.3 Å². The Morgan fingerprint density at radius 2 is 1.82 bits per heavy atom. The topological polar surface area (TPSA) is 70.2 Å². The third kappa shape index (κ3) is 5.50. The van der Waals surface area contributed by atoms with Gasteiger partial charge in [0.25, 0.3) is 0 Å². The molecule has 0 aliphatic heterocycles. The molecule has 2 aromatic carbocycles. The molecule has 6 nitrogen and oxygen atoms in total. The number of carbonyl (C=O) groups is 1. The van der Waals surface area contributed by atoms with Gasteiger partial charge < -0.3 is 15.5 Å². The summed E-state index contributed by atoms with van der Waals surface area (Å²) < 4.78 is 0. The minimum absolute atomic E-state index is 0.00397. The van der Waals surface area contributed by atoms with E-state index in [1.165, 1.54) is 0 Å². The van der Waals surface area contributed by atoms with Gasteiger partial charge in [-0.15, -0.1) is 0 Å². The zero-order valence-electron chi connectivity index (χ0n) is 19.2. The van der Waals surface area contributed by atoms with Crippen molar-refractivity contribution in [2.75, 3.05) is 24.3 Å². The van der Waals surface area contributed by atoms with Crippen molar-refractivity contribution in [3.05, 3.63) is 57.6 Å². The molecule has 1 aliphatic carbocycles. The maximum Gasteiger partial charge on any atom is 0.225 e. The zero-order valence-corrected chi connectivity index (χ0v) is 20.7. The highest BCUT2D eigenvalue weighted by Crippen LogP contribution is 2.29. The van der Waals surface area contributed by atoms with Crippen LogP contribution in [0, 0.1) is 12.8 Å². The molecule has 0 unspecified atom stereocenters. The minimum Gasteiger partial charge on any atom is -0.362 e. The Bertz CT molecular complexity index is 1140. The zero-order chi connectivity index (χ0) is 23.5. The summed E-state index contributed by atoms with van der Waals surface area (Å²) in [6.07, 6.45) is 3.44. The Morgan fingerprint density at radius 1 is 1.09 bits per heavy atom. The molecule has 0 bridgehead atoms. The smallest absolute Gasteiger partial charge is 0.225 e. The quantitative estimate of drug-likeness (QED) is 0.475. The van der Waals surface area contributed by atoms with E-state index in [1.807, 2.05) is 56.3 Å². The lowest BCUT2D eigenvalue weighted by Crippen LogP contribution is -2.36. The number of nitrogens with zero attached hydrogens (tertiary/aromatic N) is 3. The summed E-state index contributed by atoms with van der Waals surface area (Å²) in [6, 6.07) is 11.9. The van der Waals surface area contributed by atoms with Gasteiger partial charge in [0.15, 0.2) is 0 Å². The van der Waals surface area contributed by atoms with E-state index in [0.29, 0.717) is 22.5 Å². The van der Waals surface area contributed by atoms with E-state index >= 15 is 0 Å². The summed E-state index contributed by atoms with van der Waals surface area (Å²) in [7, 11) is 3.97. The van der Waals surface area contributed by atoms with Crippen LogP contribution < -0.4 is 15.5 Å². The average molecular weight is 486 g/mol. The Kier molecular flexibility index (Phi) is 7.25. The fraction of sp³-hybridized carbons (Fsp3) is 0.400. The van der Waals surface area contributed by atoms with Crippen LogP contribution in [0.1, 0.15) is 36.8 Å². The first-order valence-corrected chi connectivity index (χ1v) is 12.0. The monoisotopic (exact) mass is 485 g/mol. The number of benzene rings is 2. The van der Waals surface area contributed by atoms with Crippen molar-refractivity contribution in [1.29, 1.82) is 0 Å². The molecule has 8 heteroatoms. The average Bonchev–Trinajstić information content (AvgIpc) is 2.78. The van der Waals surface area contributed by atoms with Crippen LogP contribution in [-0.4, -0.2) is 36.0 Å². The summed E-state index contributed by atoms with van der Waals surface area (Å²) in [4.78, 5) is 24.2. The molecule has 0 saturated heterocycles. The molecule has 4 rings (SSSR count). The lowest BCUT2D eigenvalue weighted by atomic mass is 9.85. The fourth-order valence-electron chi connectivity index (χ4n) is 4.42. The Balaban J connectivity index is 1.34. The summed E-state index contributed by atoms with van der Waals surface area (Å²) >= 11 is 12.4. The van der Waals surface area contributed by atoms with Gasteiger partial charge in [-0.2, -0.15) is 4.98 Å². The maximum absolute atomic E-state index is 12.8.